The van der Waals surface area contributed by atoms with Gasteiger partial charge in [-0.25, -0.2) is 0 Å². The van der Waals surface area contributed by atoms with E-state index < -0.39 is 0 Å². The topological polar surface area (TPSA) is 49.4 Å². The number of amides is 2. The predicted octanol–water partition coefficient (Wildman–Crippen LogP) is 4.26. The molecule has 24 heavy (non-hydrogen) atoms. The molecule has 1 aromatic heterocycles. The number of anilines is 1. The molecule has 0 saturated carbocycles. The number of halogens is 1. The Morgan fingerprint density at radius 3 is 2.54 bits per heavy atom. The number of carbonyl (C=O) groups is 2. The Morgan fingerprint density at radius 2 is 1.92 bits per heavy atom. The van der Waals surface area contributed by atoms with Gasteiger partial charge in [-0.15, -0.1) is 11.3 Å². The monoisotopic (exact) mass is 424 g/mol. The van der Waals surface area contributed by atoms with Crippen LogP contribution in [0.3, 0.4) is 0 Å². The summed E-state index contributed by atoms with van der Waals surface area (Å²) in [5.74, 6) is 1.92. The van der Waals surface area contributed by atoms with Gasteiger partial charge < -0.3 is 10.2 Å². The van der Waals surface area contributed by atoms with Gasteiger partial charge in [-0.05, 0) is 58.7 Å². The lowest BCUT2D eigenvalue weighted by molar-refractivity contribution is 0.0772. The van der Waals surface area contributed by atoms with Crippen LogP contribution in [-0.4, -0.2) is 41.3 Å². The van der Waals surface area contributed by atoms with Crippen molar-refractivity contribution in [3.63, 3.8) is 0 Å². The highest BCUT2D eigenvalue weighted by Crippen LogP contribution is 2.24. The second-order valence-corrected chi connectivity index (χ2v) is 9.18. The first kappa shape index (κ1) is 17.5. The molecule has 0 spiro atoms. The van der Waals surface area contributed by atoms with Crippen LogP contribution in [0.5, 0.6) is 0 Å². The van der Waals surface area contributed by atoms with Crippen LogP contribution in [0.1, 0.15) is 25.6 Å². The van der Waals surface area contributed by atoms with Crippen LogP contribution in [0.4, 0.5) is 5.69 Å². The van der Waals surface area contributed by atoms with Crippen molar-refractivity contribution < 1.29 is 9.59 Å². The van der Waals surface area contributed by atoms with Crippen molar-refractivity contribution in [3.8, 4) is 0 Å². The van der Waals surface area contributed by atoms with Gasteiger partial charge >= 0.3 is 0 Å². The van der Waals surface area contributed by atoms with Gasteiger partial charge in [-0.3, -0.25) is 9.59 Å². The molecule has 1 aromatic carbocycles. The van der Waals surface area contributed by atoms with Gasteiger partial charge in [0.05, 0.1) is 8.66 Å². The molecule has 2 aromatic rings. The van der Waals surface area contributed by atoms with Crippen molar-refractivity contribution in [1.29, 1.82) is 0 Å². The first-order chi connectivity index (χ1) is 11.5. The third kappa shape index (κ3) is 4.02. The summed E-state index contributed by atoms with van der Waals surface area (Å²) in [5.41, 5.74) is 2.29. The van der Waals surface area contributed by atoms with E-state index in [0.717, 1.165) is 39.6 Å². The Bertz CT molecular complexity index is 770. The number of hydrogen-bond acceptors (Lipinski definition) is 4. The molecule has 1 N–H and O–H groups in total. The number of carbonyl (C=O) groups excluding carboxylic acids is 2. The number of benzene rings is 1. The van der Waals surface area contributed by atoms with Gasteiger partial charge in [-0.2, -0.15) is 11.8 Å². The fourth-order valence-electron chi connectivity index (χ4n) is 2.51. The van der Waals surface area contributed by atoms with Crippen LogP contribution in [0, 0.1) is 6.92 Å². The van der Waals surface area contributed by atoms with Crippen LogP contribution in [-0.2, 0) is 0 Å². The maximum atomic E-state index is 12.5. The summed E-state index contributed by atoms with van der Waals surface area (Å²) < 4.78 is 0.921. The summed E-state index contributed by atoms with van der Waals surface area (Å²) in [6.45, 7) is 3.51. The molecule has 7 heteroatoms. The molecule has 1 fully saturated rings. The van der Waals surface area contributed by atoms with Gasteiger partial charge in [0.25, 0.3) is 11.8 Å². The van der Waals surface area contributed by atoms with Crippen molar-refractivity contribution in [1.82, 2.24) is 4.90 Å². The Hall–Kier alpha value is -1.31. The van der Waals surface area contributed by atoms with Gasteiger partial charge in [-0.1, -0.05) is 0 Å². The maximum absolute atomic E-state index is 12.5. The molecular formula is C17H17BrN2O2S2. The van der Waals surface area contributed by atoms with Crippen LogP contribution >= 0.6 is 39.0 Å². The second-order valence-electron chi connectivity index (χ2n) is 5.49. The number of nitrogens with zero attached hydrogens (tertiary/aromatic N) is 1. The standard InChI is InChI=1S/C17H17BrN2O2S2/c1-11-10-12(17(22)20-6-8-23-9-7-20)2-3-13(11)19-16(21)14-4-5-15(18)24-14/h2-5,10H,6-9H2,1H3,(H,19,21). The summed E-state index contributed by atoms with van der Waals surface area (Å²) in [4.78, 5) is 27.3. The lowest BCUT2D eigenvalue weighted by Gasteiger charge is -2.26. The molecule has 0 radical (unpaired) electrons. The van der Waals surface area contributed by atoms with E-state index in [1.165, 1.54) is 11.3 Å². The average molecular weight is 425 g/mol. The highest BCUT2D eigenvalue weighted by atomic mass is 79.9. The molecule has 1 aliphatic rings. The number of thiophene rings is 1. The van der Waals surface area contributed by atoms with Crippen molar-refractivity contribution >= 4 is 56.5 Å². The third-order valence-electron chi connectivity index (χ3n) is 3.82. The first-order valence-electron chi connectivity index (χ1n) is 7.59. The fraction of sp³-hybridized carbons (Fsp3) is 0.294. The van der Waals surface area contributed by atoms with E-state index in [0.29, 0.717) is 10.4 Å². The normalized spacial score (nSPS) is 14.5. The Balaban J connectivity index is 1.72. The third-order valence-corrected chi connectivity index (χ3v) is 6.38. The zero-order valence-corrected chi connectivity index (χ0v) is 16.4. The number of thioether (sulfide) groups is 1. The Kier molecular flexibility index (Phi) is 5.63. The number of hydrogen-bond donors (Lipinski definition) is 1. The van der Waals surface area contributed by atoms with Crippen molar-refractivity contribution in [2.24, 2.45) is 0 Å². The smallest absolute Gasteiger partial charge is 0.265 e. The van der Waals surface area contributed by atoms with Gasteiger partial charge in [0, 0.05) is 35.8 Å². The highest BCUT2D eigenvalue weighted by Gasteiger charge is 2.19. The average Bonchev–Trinajstić information content (AvgIpc) is 3.03. The molecule has 0 atom stereocenters. The van der Waals surface area contributed by atoms with Crippen molar-refractivity contribution in [2.75, 3.05) is 29.9 Å². The summed E-state index contributed by atoms with van der Waals surface area (Å²) in [5, 5.41) is 2.91. The van der Waals surface area contributed by atoms with Crippen molar-refractivity contribution in [3.05, 3.63) is 50.1 Å². The SMILES string of the molecule is Cc1cc(C(=O)N2CCSCC2)ccc1NC(=O)c1ccc(Br)s1. The minimum atomic E-state index is -0.138. The molecular weight excluding hydrogens is 408 g/mol. The largest absolute Gasteiger partial charge is 0.337 e. The number of nitrogens with one attached hydrogen (secondary N) is 1. The van der Waals surface area contributed by atoms with Crippen molar-refractivity contribution in [2.45, 2.75) is 6.92 Å². The number of rotatable bonds is 3. The minimum absolute atomic E-state index is 0.0680. The van der Waals surface area contributed by atoms with E-state index in [-0.39, 0.29) is 11.8 Å². The lowest BCUT2D eigenvalue weighted by atomic mass is 10.1. The second kappa shape index (κ2) is 7.72. The van der Waals surface area contributed by atoms with Gasteiger partial charge in [0.2, 0.25) is 0 Å². The molecule has 3 rings (SSSR count). The summed E-state index contributed by atoms with van der Waals surface area (Å²) in [7, 11) is 0. The van der Waals surface area contributed by atoms with E-state index in [1.54, 1.807) is 12.1 Å². The van der Waals surface area contributed by atoms with E-state index >= 15 is 0 Å². The summed E-state index contributed by atoms with van der Waals surface area (Å²) >= 11 is 6.63. The van der Waals surface area contributed by atoms with E-state index in [9.17, 15) is 9.59 Å². The van der Waals surface area contributed by atoms with E-state index in [4.69, 9.17) is 0 Å². The summed E-state index contributed by atoms with van der Waals surface area (Å²) in [6, 6.07) is 9.08. The Labute approximate surface area is 157 Å². The predicted molar refractivity (Wildman–Crippen MR) is 104 cm³/mol. The van der Waals surface area contributed by atoms with Crippen LogP contribution in [0.15, 0.2) is 34.1 Å². The molecule has 126 valence electrons. The quantitative estimate of drug-likeness (QED) is 0.800. The summed E-state index contributed by atoms with van der Waals surface area (Å²) in [6.07, 6.45) is 0. The van der Waals surface area contributed by atoms with E-state index in [2.05, 4.69) is 21.2 Å². The van der Waals surface area contributed by atoms with Gasteiger partial charge in [0.1, 0.15) is 0 Å². The molecule has 0 bridgehead atoms. The molecule has 4 nitrogen and oxygen atoms in total. The minimum Gasteiger partial charge on any atom is -0.337 e. The lowest BCUT2D eigenvalue weighted by Crippen LogP contribution is -2.37. The number of aryl methyl sites for hydroxylation is 1. The molecule has 0 unspecified atom stereocenters. The van der Waals surface area contributed by atoms with Crippen LogP contribution in [0.2, 0.25) is 0 Å². The zero-order chi connectivity index (χ0) is 17.1. The van der Waals surface area contributed by atoms with E-state index in [1.807, 2.05) is 41.8 Å². The maximum Gasteiger partial charge on any atom is 0.265 e. The fourth-order valence-corrected chi connectivity index (χ4v) is 4.69. The highest BCUT2D eigenvalue weighted by molar-refractivity contribution is 9.11. The molecule has 2 amide bonds. The molecule has 0 aliphatic carbocycles. The molecule has 1 aliphatic heterocycles. The molecule has 2 heterocycles. The molecule has 1 saturated heterocycles. The van der Waals surface area contributed by atoms with Crippen LogP contribution in [0.25, 0.3) is 0 Å². The van der Waals surface area contributed by atoms with Gasteiger partial charge in [0.15, 0.2) is 0 Å². The van der Waals surface area contributed by atoms with Crippen LogP contribution < -0.4 is 5.32 Å². The Morgan fingerprint density at radius 1 is 1.17 bits per heavy atom. The zero-order valence-electron chi connectivity index (χ0n) is 13.2. The first-order valence-corrected chi connectivity index (χ1v) is 10.4.